The Balaban J connectivity index is 1.95. The second-order valence-electron chi connectivity index (χ2n) is 5.70. The second kappa shape index (κ2) is 9.25. The minimum atomic E-state index is -0.519. The smallest absolute Gasteiger partial charge is 0.315 e. The largest absolute Gasteiger partial charge is 0.493 e. The fourth-order valence-electron chi connectivity index (χ4n) is 2.72. The topological polar surface area (TPSA) is 98.4 Å². The Hall–Kier alpha value is -2.52. The molecule has 1 aliphatic heterocycles. The Kier molecular flexibility index (Phi) is 7.05. The van der Waals surface area contributed by atoms with Gasteiger partial charge < -0.3 is 34.5 Å². The van der Waals surface area contributed by atoms with Gasteiger partial charge in [0.15, 0.2) is 17.8 Å². The fourth-order valence-corrected chi connectivity index (χ4v) is 2.72. The van der Waals surface area contributed by atoms with Gasteiger partial charge in [0.25, 0.3) is 0 Å². The Labute approximate surface area is 152 Å². The van der Waals surface area contributed by atoms with Crippen LogP contribution in [0.15, 0.2) is 18.2 Å². The van der Waals surface area contributed by atoms with E-state index in [0.717, 1.165) is 0 Å². The van der Waals surface area contributed by atoms with E-state index in [1.807, 2.05) is 0 Å². The quantitative estimate of drug-likeness (QED) is 0.657. The van der Waals surface area contributed by atoms with Crippen molar-refractivity contribution >= 4 is 17.6 Å². The van der Waals surface area contributed by atoms with Crippen LogP contribution in [0.25, 0.3) is 0 Å². The molecule has 0 unspecified atom stereocenters. The summed E-state index contributed by atoms with van der Waals surface area (Å²) >= 11 is 0. The molecule has 26 heavy (non-hydrogen) atoms. The second-order valence-corrected chi connectivity index (χ2v) is 5.70. The molecule has 1 atom stereocenters. The molecule has 0 spiro atoms. The van der Waals surface area contributed by atoms with Crippen molar-refractivity contribution in [2.75, 3.05) is 46.4 Å². The molecule has 1 aromatic rings. The molecule has 1 saturated heterocycles. The van der Waals surface area contributed by atoms with Gasteiger partial charge in [-0.05, 0) is 12.1 Å². The minimum Gasteiger partial charge on any atom is -0.493 e. The highest BCUT2D eigenvalue weighted by Crippen LogP contribution is 2.33. The number of carbonyl (C=O) groups excluding carboxylic acids is 2. The van der Waals surface area contributed by atoms with E-state index in [2.05, 4.69) is 10.6 Å². The molecule has 1 fully saturated rings. The number of hydrogen-bond acceptors (Lipinski definition) is 6. The van der Waals surface area contributed by atoms with E-state index in [0.29, 0.717) is 23.7 Å². The van der Waals surface area contributed by atoms with Gasteiger partial charge in [-0.1, -0.05) is 0 Å². The third-order valence-electron chi connectivity index (χ3n) is 4.09. The molecular weight excluding hydrogens is 342 g/mol. The van der Waals surface area contributed by atoms with Crippen LogP contribution < -0.4 is 25.0 Å². The van der Waals surface area contributed by atoms with Crippen LogP contribution in [0.1, 0.15) is 6.42 Å². The maximum atomic E-state index is 12.3. The first-order valence-electron chi connectivity index (χ1n) is 8.14. The van der Waals surface area contributed by atoms with Crippen molar-refractivity contribution in [1.29, 1.82) is 0 Å². The van der Waals surface area contributed by atoms with Crippen molar-refractivity contribution in [3.63, 3.8) is 0 Å². The number of nitrogens with one attached hydrogen (secondary N) is 2. The number of hydrogen-bond donors (Lipinski definition) is 2. The lowest BCUT2D eigenvalue weighted by Crippen LogP contribution is -2.46. The van der Waals surface area contributed by atoms with Gasteiger partial charge in [-0.25, -0.2) is 4.79 Å². The number of nitrogens with zero attached hydrogens (tertiary/aromatic N) is 1. The van der Waals surface area contributed by atoms with Gasteiger partial charge in [0.1, 0.15) is 0 Å². The first-order chi connectivity index (χ1) is 12.5. The van der Waals surface area contributed by atoms with Crippen LogP contribution in [0, 0.1) is 0 Å². The molecule has 2 N–H and O–H groups in total. The van der Waals surface area contributed by atoms with Crippen LogP contribution in [-0.2, 0) is 14.3 Å². The number of methoxy groups -OCH3 is 4. The van der Waals surface area contributed by atoms with E-state index >= 15 is 0 Å². The zero-order chi connectivity index (χ0) is 19.1. The number of rotatable bonds is 8. The number of urea groups is 1. The summed E-state index contributed by atoms with van der Waals surface area (Å²) in [5.41, 5.74) is 0.691. The lowest BCUT2D eigenvalue weighted by Gasteiger charge is -2.19. The van der Waals surface area contributed by atoms with Crippen LogP contribution in [0.2, 0.25) is 0 Å². The van der Waals surface area contributed by atoms with Crippen LogP contribution >= 0.6 is 0 Å². The van der Waals surface area contributed by atoms with E-state index in [9.17, 15) is 9.59 Å². The normalized spacial score (nSPS) is 16.7. The summed E-state index contributed by atoms with van der Waals surface area (Å²) in [6, 6.07) is 4.59. The average Bonchev–Trinajstić information content (AvgIpc) is 3.01. The Morgan fingerprint density at radius 1 is 1.19 bits per heavy atom. The molecule has 0 bridgehead atoms. The summed E-state index contributed by atoms with van der Waals surface area (Å²) in [6.45, 7) is 0.582. The predicted octanol–water partition coefficient (Wildman–Crippen LogP) is 0.727. The maximum Gasteiger partial charge on any atom is 0.315 e. The maximum absolute atomic E-state index is 12.3. The molecule has 2 rings (SSSR count). The van der Waals surface area contributed by atoms with Crippen LogP contribution in [0.4, 0.5) is 10.5 Å². The molecule has 0 aliphatic carbocycles. The lowest BCUT2D eigenvalue weighted by atomic mass is 10.2. The predicted molar refractivity (Wildman–Crippen MR) is 94.6 cm³/mol. The van der Waals surface area contributed by atoms with Crippen molar-refractivity contribution in [3.05, 3.63) is 18.2 Å². The fraction of sp³-hybridized carbons (Fsp3) is 0.529. The first-order valence-corrected chi connectivity index (χ1v) is 8.14. The summed E-state index contributed by atoms with van der Waals surface area (Å²) in [4.78, 5) is 25.9. The third-order valence-corrected chi connectivity index (χ3v) is 4.09. The summed E-state index contributed by atoms with van der Waals surface area (Å²) in [6.07, 6.45) is -0.297. The molecule has 144 valence electrons. The third kappa shape index (κ3) is 4.77. The van der Waals surface area contributed by atoms with Crippen LogP contribution in [0.5, 0.6) is 11.5 Å². The minimum absolute atomic E-state index is 0.0748. The Morgan fingerprint density at radius 2 is 1.88 bits per heavy atom. The number of anilines is 1. The molecule has 1 aromatic carbocycles. The van der Waals surface area contributed by atoms with Gasteiger partial charge in [0.2, 0.25) is 5.91 Å². The van der Waals surface area contributed by atoms with E-state index in [-0.39, 0.29) is 30.9 Å². The van der Waals surface area contributed by atoms with Gasteiger partial charge in [-0.15, -0.1) is 0 Å². The summed E-state index contributed by atoms with van der Waals surface area (Å²) in [5, 5.41) is 5.43. The van der Waals surface area contributed by atoms with Gasteiger partial charge in [-0.2, -0.15) is 0 Å². The van der Waals surface area contributed by atoms with Crippen molar-refractivity contribution in [1.82, 2.24) is 10.6 Å². The van der Waals surface area contributed by atoms with Crippen molar-refractivity contribution in [2.45, 2.75) is 18.8 Å². The van der Waals surface area contributed by atoms with Gasteiger partial charge >= 0.3 is 6.03 Å². The summed E-state index contributed by atoms with van der Waals surface area (Å²) in [5.74, 6) is 1.05. The monoisotopic (exact) mass is 367 g/mol. The zero-order valence-electron chi connectivity index (χ0n) is 15.4. The summed E-state index contributed by atoms with van der Waals surface area (Å²) in [7, 11) is 6.07. The average molecular weight is 367 g/mol. The highest BCUT2D eigenvalue weighted by atomic mass is 16.7. The lowest BCUT2D eigenvalue weighted by molar-refractivity contribution is -0.117. The molecule has 3 amide bonds. The molecule has 0 saturated carbocycles. The molecule has 0 aromatic heterocycles. The molecule has 0 radical (unpaired) electrons. The van der Waals surface area contributed by atoms with E-state index < -0.39 is 6.29 Å². The molecule has 9 heteroatoms. The number of amides is 3. The number of ether oxygens (including phenoxy) is 4. The van der Waals surface area contributed by atoms with E-state index in [1.165, 1.54) is 21.3 Å². The molecular formula is C17H25N3O6. The zero-order valence-corrected chi connectivity index (χ0v) is 15.4. The standard InChI is InChI=1S/C17H25N3O6/c1-23-13-6-5-12(8-14(13)24-2)20-10-11(7-15(20)21)19-17(22)18-9-16(25-3)26-4/h5-6,8,11,16H,7,9-10H2,1-4H3,(H2,18,19,22)/t11-/m0/s1. The van der Waals surface area contributed by atoms with Gasteiger partial charge in [0.05, 0.1) is 26.8 Å². The van der Waals surface area contributed by atoms with Gasteiger partial charge in [-0.3, -0.25) is 4.79 Å². The number of benzene rings is 1. The van der Waals surface area contributed by atoms with Crippen molar-refractivity contribution in [3.8, 4) is 11.5 Å². The summed E-state index contributed by atoms with van der Waals surface area (Å²) < 4.78 is 20.5. The van der Waals surface area contributed by atoms with E-state index in [1.54, 1.807) is 30.2 Å². The van der Waals surface area contributed by atoms with E-state index in [4.69, 9.17) is 18.9 Å². The highest BCUT2D eigenvalue weighted by molar-refractivity contribution is 5.97. The SMILES string of the molecule is COc1ccc(N2C[C@@H](NC(=O)NCC(OC)OC)CC2=O)cc1OC. The van der Waals surface area contributed by atoms with Crippen LogP contribution in [-0.4, -0.2) is 65.8 Å². The van der Waals surface area contributed by atoms with Crippen molar-refractivity contribution in [2.24, 2.45) is 0 Å². The Bertz CT molecular complexity index is 635. The van der Waals surface area contributed by atoms with Crippen LogP contribution in [0.3, 0.4) is 0 Å². The Morgan fingerprint density at radius 3 is 2.50 bits per heavy atom. The number of carbonyl (C=O) groups is 2. The molecule has 9 nitrogen and oxygen atoms in total. The van der Waals surface area contributed by atoms with Crippen molar-refractivity contribution < 1.29 is 28.5 Å². The van der Waals surface area contributed by atoms with Gasteiger partial charge in [0, 0.05) is 38.9 Å². The molecule has 1 aliphatic rings. The highest BCUT2D eigenvalue weighted by Gasteiger charge is 2.32. The first kappa shape index (κ1) is 19.8. The molecule has 1 heterocycles.